The molecular formula is C19H23N5S3. The molecule has 3 aromatic rings. The average molecular weight is 418 g/mol. The van der Waals surface area contributed by atoms with E-state index in [2.05, 4.69) is 56.1 Å². The van der Waals surface area contributed by atoms with Crippen molar-refractivity contribution in [1.29, 1.82) is 0 Å². The van der Waals surface area contributed by atoms with Gasteiger partial charge in [0.15, 0.2) is 3.95 Å². The van der Waals surface area contributed by atoms with Gasteiger partial charge in [-0.15, -0.1) is 5.10 Å². The second kappa shape index (κ2) is 8.62. The second-order valence-corrected chi connectivity index (χ2v) is 9.18. The number of aryl methyl sites for hydroxylation is 1. The van der Waals surface area contributed by atoms with Gasteiger partial charge in [-0.2, -0.15) is 11.3 Å². The maximum atomic E-state index is 5.53. The summed E-state index contributed by atoms with van der Waals surface area (Å²) in [6.45, 7) is 8.17. The van der Waals surface area contributed by atoms with Crippen LogP contribution in [0.5, 0.6) is 0 Å². The number of piperazine rings is 1. The lowest BCUT2D eigenvalue weighted by atomic mass is 10.2. The van der Waals surface area contributed by atoms with Crippen molar-refractivity contribution in [3.63, 3.8) is 0 Å². The van der Waals surface area contributed by atoms with Crippen LogP contribution < -0.4 is 5.32 Å². The number of anilines is 2. The highest BCUT2D eigenvalue weighted by atomic mass is 32.1. The Bertz CT molecular complexity index is 923. The summed E-state index contributed by atoms with van der Waals surface area (Å²) in [5.41, 5.74) is 3.70. The molecule has 1 aliphatic rings. The first-order valence-electron chi connectivity index (χ1n) is 9.04. The van der Waals surface area contributed by atoms with E-state index in [0.29, 0.717) is 0 Å². The van der Waals surface area contributed by atoms with Gasteiger partial charge in [0.1, 0.15) is 0 Å². The second-order valence-electron chi connectivity index (χ2n) is 6.78. The Morgan fingerprint density at radius 2 is 1.89 bits per heavy atom. The fraction of sp³-hybridized carbons (Fsp3) is 0.368. The minimum atomic E-state index is 0.761. The third-order valence-corrected chi connectivity index (χ3v) is 6.73. The summed E-state index contributed by atoms with van der Waals surface area (Å²) in [4.78, 5) is 4.95. The molecule has 4 rings (SSSR count). The van der Waals surface area contributed by atoms with Crippen LogP contribution in [0.2, 0.25) is 0 Å². The van der Waals surface area contributed by atoms with Crippen molar-refractivity contribution in [2.45, 2.75) is 20.1 Å². The van der Waals surface area contributed by atoms with E-state index in [0.717, 1.165) is 54.2 Å². The van der Waals surface area contributed by atoms with Gasteiger partial charge < -0.3 is 5.32 Å². The number of nitrogens with zero attached hydrogens (tertiary/aromatic N) is 4. The zero-order chi connectivity index (χ0) is 18.6. The Labute approximate surface area is 172 Å². The predicted molar refractivity (Wildman–Crippen MR) is 117 cm³/mol. The highest BCUT2D eigenvalue weighted by molar-refractivity contribution is 7.73. The van der Waals surface area contributed by atoms with Crippen LogP contribution in [0, 0.1) is 10.9 Å². The highest BCUT2D eigenvalue weighted by Gasteiger charge is 2.18. The molecule has 0 atom stereocenters. The number of rotatable bonds is 6. The van der Waals surface area contributed by atoms with E-state index in [1.807, 2.05) is 16.8 Å². The van der Waals surface area contributed by atoms with E-state index in [9.17, 15) is 0 Å². The van der Waals surface area contributed by atoms with Crippen molar-refractivity contribution in [3.8, 4) is 0 Å². The SMILES string of the molecule is Cc1ccccc1Nc1nn(CN2CCN(Cc3ccsc3)CC2)c(=S)s1. The molecule has 3 heterocycles. The number of thiophene rings is 1. The van der Waals surface area contributed by atoms with Gasteiger partial charge in [-0.1, -0.05) is 29.5 Å². The molecule has 142 valence electrons. The average Bonchev–Trinajstić information content (AvgIpc) is 3.29. The molecule has 0 spiro atoms. The van der Waals surface area contributed by atoms with Crippen LogP contribution in [-0.2, 0) is 13.2 Å². The smallest absolute Gasteiger partial charge is 0.209 e. The first kappa shape index (κ1) is 18.8. The van der Waals surface area contributed by atoms with E-state index in [1.165, 1.54) is 22.5 Å². The van der Waals surface area contributed by atoms with Crippen LogP contribution in [-0.4, -0.2) is 45.8 Å². The fourth-order valence-corrected chi connectivity index (χ4v) is 4.86. The molecule has 0 unspecified atom stereocenters. The summed E-state index contributed by atoms with van der Waals surface area (Å²) >= 11 is 8.83. The minimum absolute atomic E-state index is 0.761. The Hall–Kier alpha value is -1.58. The maximum absolute atomic E-state index is 5.53. The lowest BCUT2D eigenvalue weighted by Crippen LogP contribution is -2.46. The number of para-hydroxylation sites is 1. The van der Waals surface area contributed by atoms with Crippen molar-refractivity contribution < 1.29 is 0 Å². The maximum Gasteiger partial charge on any atom is 0.209 e. The van der Waals surface area contributed by atoms with Gasteiger partial charge in [0.2, 0.25) is 5.13 Å². The molecule has 0 aliphatic carbocycles. The lowest BCUT2D eigenvalue weighted by Gasteiger charge is -2.34. The molecule has 0 amide bonds. The van der Waals surface area contributed by atoms with Crippen LogP contribution in [0.15, 0.2) is 41.1 Å². The number of aromatic nitrogens is 2. The monoisotopic (exact) mass is 417 g/mol. The van der Waals surface area contributed by atoms with Crippen LogP contribution in [0.1, 0.15) is 11.1 Å². The van der Waals surface area contributed by atoms with Gasteiger partial charge in [0.05, 0.1) is 6.67 Å². The summed E-state index contributed by atoms with van der Waals surface area (Å²) in [5, 5.41) is 13.3. The van der Waals surface area contributed by atoms with Gasteiger partial charge in [-0.25, -0.2) is 4.68 Å². The molecule has 2 aromatic heterocycles. The molecular weight excluding hydrogens is 394 g/mol. The van der Waals surface area contributed by atoms with Crippen LogP contribution in [0.25, 0.3) is 0 Å². The molecule has 0 bridgehead atoms. The summed E-state index contributed by atoms with van der Waals surface area (Å²) in [6.07, 6.45) is 0. The third kappa shape index (κ3) is 4.83. The van der Waals surface area contributed by atoms with Gasteiger partial charge >= 0.3 is 0 Å². The van der Waals surface area contributed by atoms with Crippen molar-refractivity contribution >= 4 is 45.7 Å². The quantitative estimate of drug-likeness (QED) is 0.595. The molecule has 1 saturated heterocycles. The predicted octanol–water partition coefficient (Wildman–Crippen LogP) is 4.56. The summed E-state index contributed by atoms with van der Waals surface area (Å²) in [7, 11) is 0. The Kier molecular flexibility index (Phi) is 5.99. The molecule has 27 heavy (non-hydrogen) atoms. The van der Waals surface area contributed by atoms with Crippen molar-refractivity contribution in [2.24, 2.45) is 0 Å². The minimum Gasteiger partial charge on any atom is -0.330 e. The van der Waals surface area contributed by atoms with E-state index >= 15 is 0 Å². The van der Waals surface area contributed by atoms with E-state index in [4.69, 9.17) is 12.2 Å². The molecule has 1 fully saturated rings. The normalized spacial score (nSPS) is 15.9. The van der Waals surface area contributed by atoms with E-state index < -0.39 is 0 Å². The molecule has 5 nitrogen and oxygen atoms in total. The van der Waals surface area contributed by atoms with Gasteiger partial charge in [-0.05, 0) is 53.2 Å². The van der Waals surface area contributed by atoms with Gasteiger partial charge in [0, 0.05) is 38.4 Å². The molecule has 1 aromatic carbocycles. The van der Waals surface area contributed by atoms with Crippen LogP contribution >= 0.6 is 34.9 Å². The molecule has 1 aliphatic heterocycles. The Morgan fingerprint density at radius 1 is 1.11 bits per heavy atom. The highest BCUT2D eigenvalue weighted by Crippen LogP contribution is 2.23. The number of benzene rings is 1. The van der Waals surface area contributed by atoms with Gasteiger partial charge in [-0.3, -0.25) is 9.80 Å². The largest absolute Gasteiger partial charge is 0.330 e. The van der Waals surface area contributed by atoms with Crippen LogP contribution in [0.4, 0.5) is 10.8 Å². The molecule has 0 radical (unpaired) electrons. The topological polar surface area (TPSA) is 36.3 Å². The zero-order valence-corrected chi connectivity index (χ0v) is 17.7. The van der Waals surface area contributed by atoms with E-state index in [-0.39, 0.29) is 0 Å². The lowest BCUT2D eigenvalue weighted by molar-refractivity contribution is 0.0986. The zero-order valence-electron chi connectivity index (χ0n) is 15.3. The molecule has 1 N–H and O–H groups in total. The molecule has 0 saturated carbocycles. The first-order chi connectivity index (χ1) is 13.2. The van der Waals surface area contributed by atoms with Crippen LogP contribution in [0.3, 0.4) is 0 Å². The van der Waals surface area contributed by atoms with Gasteiger partial charge in [0.25, 0.3) is 0 Å². The fourth-order valence-electron chi connectivity index (χ4n) is 3.19. The van der Waals surface area contributed by atoms with Crippen molar-refractivity contribution in [3.05, 3.63) is 56.2 Å². The van der Waals surface area contributed by atoms with Crippen molar-refractivity contribution in [1.82, 2.24) is 19.6 Å². The number of nitrogens with one attached hydrogen (secondary N) is 1. The van der Waals surface area contributed by atoms with Crippen molar-refractivity contribution in [2.75, 3.05) is 31.5 Å². The summed E-state index contributed by atoms with van der Waals surface area (Å²) in [6, 6.07) is 10.4. The third-order valence-electron chi connectivity index (χ3n) is 4.78. The summed E-state index contributed by atoms with van der Waals surface area (Å²) in [5.74, 6) is 0. The standard InChI is InChI=1S/C19H23N5S3/c1-15-4-2-3-5-17(15)20-18-21-24(19(25)27-18)14-23-9-7-22(8-10-23)12-16-6-11-26-13-16/h2-6,11,13H,7-10,12,14H2,1H3,(H,20,21). The summed E-state index contributed by atoms with van der Waals surface area (Å²) < 4.78 is 2.75. The van der Waals surface area contributed by atoms with E-state index in [1.54, 1.807) is 11.3 Å². The number of hydrogen-bond acceptors (Lipinski definition) is 7. The Morgan fingerprint density at radius 3 is 2.63 bits per heavy atom. The Balaban J connectivity index is 1.33. The number of hydrogen-bond donors (Lipinski definition) is 1. The molecule has 8 heteroatoms. The first-order valence-corrected chi connectivity index (χ1v) is 11.2.